The third-order valence-corrected chi connectivity index (χ3v) is 5.90. The molecule has 0 spiro atoms. The quantitative estimate of drug-likeness (QED) is 0.259. The zero-order valence-electron chi connectivity index (χ0n) is 18.4. The lowest BCUT2D eigenvalue weighted by atomic mass is 10.1. The van der Waals surface area contributed by atoms with Gasteiger partial charge in [-0.3, -0.25) is 29.8 Å². The van der Waals surface area contributed by atoms with Crippen molar-refractivity contribution in [1.82, 2.24) is 0 Å². The normalized spacial score (nSPS) is 10.3. The zero-order chi connectivity index (χ0) is 25.7. The highest BCUT2D eigenvalue weighted by Crippen LogP contribution is 2.35. The molecule has 2 aromatic carbocycles. The number of nitrogens with one attached hydrogen (secondary N) is 2. The minimum atomic E-state index is -0.773. The van der Waals surface area contributed by atoms with Gasteiger partial charge in [-0.1, -0.05) is 12.1 Å². The van der Waals surface area contributed by atoms with E-state index in [0.717, 1.165) is 17.4 Å². The van der Waals surface area contributed by atoms with Gasteiger partial charge in [0, 0.05) is 35.5 Å². The van der Waals surface area contributed by atoms with Gasteiger partial charge in [-0.05, 0) is 31.5 Å². The van der Waals surface area contributed by atoms with Crippen molar-refractivity contribution >= 4 is 51.2 Å². The molecule has 0 atom stereocenters. The van der Waals surface area contributed by atoms with Crippen LogP contribution in [-0.4, -0.2) is 34.2 Å². The van der Waals surface area contributed by atoms with E-state index < -0.39 is 27.6 Å². The van der Waals surface area contributed by atoms with E-state index in [0.29, 0.717) is 0 Å². The second-order valence-corrected chi connectivity index (χ2v) is 8.02. The summed E-state index contributed by atoms with van der Waals surface area (Å²) in [5, 5.41) is 27.1. The molecule has 0 radical (unpaired) electrons. The summed E-state index contributed by atoms with van der Waals surface area (Å²) < 4.78 is 5.06. The second-order valence-electron chi connectivity index (χ2n) is 7.00. The fourth-order valence-corrected chi connectivity index (χ4v) is 4.17. The largest absolute Gasteiger partial charge is 0.462 e. The molecule has 3 aromatic rings. The number of nitro groups is 2. The van der Waals surface area contributed by atoms with E-state index in [1.54, 1.807) is 6.92 Å². The number of nitrogens with zero attached hydrogens (tertiary/aromatic N) is 2. The maximum absolute atomic E-state index is 12.9. The van der Waals surface area contributed by atoms with Crippen LogP contribution in [0.3, 0.4) is 0 Å². The highest BCUT2D eigenvalue weighted by molar-refractivity contribution is 7.19. The van der Waals surface area contributed by atoms with Crippen molar-refractivity contribution in [3.8, 4) is 0 Å². The first-order chi connectivity index (χ1) is 16.6. The maximum atomic E-state index is 12.9. The summed E-state index contributed by atoms with van der Waals surface area (Å²) in [6.07, 6.45) is 0. The monoisotopic (exact) mass is 498 g/mol. The average molecular weight is 498 g/mol. The van der Waals surface area contributed by atoms with Crippen LogP contribution in [0, 0.1) is 27.2 Å². The molecule has 0 bridgehead atoms. The van der Waals surface area contributed by atoms with Crippen LogP contribution in [0.4, 0.5) is 22.1 Å². The van der Waals surface area contributed by atoms with E-state index in [-0.39, 0.29) is 50.2 Å². The van der Waals surface area contributed by atoms with Crippen LogP contribution in [0.25, 0.3) is 0 Å². The van der Waals surface area contributed by atoms with Crippen LogP contribution < -0.4 is 10.6 Å². The Hall–Kier alpha value is -4.65. The summed E-state index contributed by atoms with van der Waals surface area (Å²) in [5.41, 5.74) is -0.185. The lowest BCUT2D eigenvalue weighted by Gasteiger charge is -2.07. The molecule has 12 nitrogen and oxygen atoms in total. The first kappa shape index (κ1) is 25.0. The van der Waals surface area contributed by atoms with Crippen LogP contribution in [0.15, 0.2) is 48.5 Å². The Morgan fingerprint density at radius 1 is 0.943 bits per heavy atom. The fraction of sp³-hybridized carbons (Fsp3) is 0.136. The first-order valence-electron chi connectivity index (χ1n) is 10.0. The summed E-state index contributed by atoms with van der Waals surface area (Å²) >= 11 is 0.799. The summed E-state index contributed by atoms with van der Waals surface area (Å²) in [6, 6.07) is 10.3. The SMILES string of the molecule is CCOC(=O)c1c(NC(=O)c2cccc([N+](=O)[O-])c2)sc(C(=O)Nc2cccc([N+](=O)[O-])c2)c1C. The zero-order valence-corrected chi connectivity index (χ0v) is 19.2. The van der Waals surface area contributed by atoms with Gasteiger partial charge in [0.05, 0.1) is 26.9 Å². The van der Waals surface area contributed by atoms with Gasteiger partial charge in [-0.2, -0.15) is 0 Å². The summed E-state index contributed by atoms with van der Waals surface area (Å²) in [5.74, 6) is -2.16. The number of benzene rings is 2. The van der Waals surface area contributed by atoms with Crippen molar-refractivity contribution < 1.29 is 29.0 Å². The average Bonchev–Trinajstić information content (AvgIpc) is 3.15. The van der Waals surface area contributed by atoms with Gasteiger partial charge in [0.2, 0.25) is 0 Å². The molecule has 0 unspecified atom stereocenters. The lowest BCUT2D eigenvalue weighted by Crippen LogP contribution is -2.15. The van der Waals surface area contributed by atoms with E-state index in [2.05, 4.69) is 10.6 Å². The predicted octanol–water partition coefficient (Wildman–Crippen LogP) is 4.55. The molecule has 0 aliphatic carbocycles. The van der Waals surface area contributed by atoms with Gasteiger partial charge < -0.3 is 15.4 Å². The van der Waals surface area contributed by atoms with Crippen LogP contribution in [0.2, 0.25) is 0 Å². The van der Waals surface area contributed by atoms with E-state index in [1.165, 1.54) is 49.4 Å². The topological polar surface area (TPSA) is 171 Å². The number of nitro benzene ring substituents is 2. The number of anilines is 2. The number of hydrogen-bond donors (Lipinski definition) is 2. The van der Waals surface area contributed by atoms with E-state index >= 15 is 0 Å². The molecule has 2 amide bonds. The molecule has 0 fully saturated rings. The van der Waals surface area contributed by atoms with Crippen molar-refractivity contribution in [1.29, 1.82) is 0 Å². The third kappa shape index (κ3) is 5.65. The fourth-order valence-electron chi connectivity index (χ4n) is 3.09. The Labute approximate surface area is 201 Å². The summed E-state index contributed by atoms with van der Waals surface area (Å²) in [4.78, 5) is 59.1. The smallest absolute Gasteiger partial charge is 0.341 e. The van der Waals surface area contributed by atoms with Gasteiger partial charge in [0.15, 0.2) is 0 Å². The van der Waals surface area contributed by atoms with Gasteiger partial charge in [0.1, 0.15) is 5.00 Å². The number of carbonyl (C=O) groups excluding carboxylic acids is 3. The van der Waals surface area contributed by atoms with Gasteiger partial charge in [0.25, 0.3) is 23.2 Å². The number of carbonyl (C=O) groups is 3. The number of ether oxygens (including phenoxy) is 1. The third-order valence-electron chi connectivity index (χ3n) is 4.69. The predicted molar refractivity (Wildman–Crippen MR) is 127 cm³/mol. The number of amides is 2. The molecular formula is C22H18N4O8S. The highest BCUT2D eigenvalue weighted by atomic mass is 32.1. The molecule has 0 saturated heterocycles. The molecule has 3 rings (SSSR count). The van der Waals surface area contributed by atoms with Crippen LogP contribution >= 0.6 is 11.3 Å². The Morgan fingerprint density at radius 2 is 1.57 bits per heavy atom. The van der Waals surface area contributed by atoms with Crippen molar-refractivity contribution in [2.45, 2.75) is 13.8 Å². The lowest BCUT2D eigenvalue weighted by molar-refractivity contribution is -0.385. The molecule has 0 saturated carbocycles. The molecule has 0 aliphatic rings. The molecule has 180 valence electrons. The summed E-state index contributed by atoms with van der Waals surface area (Å²) in [6.45, 7) is 3.13. The molecule has 13 heteroatoms. The van der Waals surface area contributed by atoms with Crippen LogP contribution in [0.1, 0.15) is 42.9 Å². The van der Waals surface area contributed by atoms with Crippen LogP contribution in [-0.2, 0) is 4.74 Å². The Kier molecular flexibility index (Phi) is 7.51. The van der Waals surface area contributed by atoms with Crippen molar-refractivity contribution in [3.05, 3.63) is 90.3 Å². The van der Waals surface area contributed by atoms with Gasteiger partial charge >= 0.3 is 5.97 Å². The van der Waals surface area contributed by atoms with E-state index in [1.807, 2.05) is 0 Å². The first-order valence-corrected chi connectivity index (χ1v) is 10.9. The molecular weight excluding hydrogens is 480 g/mol. The molecule has 35 heavy (non-hydrogen) atoms. The maximum Gasteiger partial charge on any atom is 0.341 e. The second kappa shape index (κ2) is 10.5. The standard InChI is InChI=1S/C22H18N4O8S/c1-3-34-22(29)17-12(2)18(20(28)23-14-7-5-9-16(11-14)26(32)33)35-21(17)24-19(27)13-6-4-8-15(10-13)25(30)31/h4-11H,3H2,1-2H3,(H,23,28)(H,24,27). The van der Waals surface area contributed by atoms with Gasteiger partial charge in [-0.25, -0.2) is 4.79 Å². The van der Waals surface area contributed by atoms with E-state index in [9.17, 15) is 34.6 Å². The molecule has 0 aliphatic heterocycles. The van der Waals surface area contributed by atoms with E-state index in [4.69, 9.17) is 4.74 Å². The molecule has 1 aromatic heterocycles. The Morgan fingerprint density at radius 3 is 2.20 bits per heavy atom. The number of rotatable bonds is 8. The minimum Gasteiger partial charge on any atom is -0.462 e. The van der Waals surface area contributed by atoms with Crippen molar-refractivity contribution in [2.75, 3.05) is 17.2 Å². The minimum absolute atomic E-state index is 0.0154. The van der Waals surface area contributed by atoms with Crippen molar-refractivity contribution in [2.24, 2.45) is 0 Å². The van der Waals surface area contributed by atoms with Crippen molar-refractivity contribution in [3.63, 3.8) is 0 Å². The Bertz CT molecular complexity index is 1350. The highest BCUT2D eigenvalue weighted by Gasteiger charge is 2.27. The number of non-ortho nitro benzene ring substituents is 2. The number of esters is 1. The van der Waals surface area contributed by atoms with Crippen LogP contribution in [0.5, 0.6) is 0 Å². The number of thiophene rings is 1. The summed E-state index contributed by atoms with van der Waals surface area (Å²) in [7, 11) is 0. The van der Waals surface area contributed by atoms with Gasteiger partial charge in [-0.15, -0.1) is 11.3 Å². The molecule has 1 heterocycles. The Balaban J connectivity index is 1.95. The number of hydrogen-bond acceptors (Lipinski definition) is 9. The molecule has 2 N–H and O–H groups in total.